The molecule has 3 atom stereocenters. The molecule has 1 rings (SSSR count). The molecule has 0 radical (unpaired) electrons. The topological polar surface area (TPSA) is 108 Å². The lowest BCUT2D eigenvalue weighted by Crippen LogP contribution is -2.24. The Kier molecular flexibility index (Phi) is 28.1. The molecule has 0 aliphatic carbocycles. The fraction of sp³-hybridized carbons (Fsp3) is 0.692. The van der Waals surface area contributed by atoms with Crippen LogP contribution in [0.4, 0.5) is 4.39 Å². The largest absolute Gasteiger partial charge is 0.455 e. The van der Waals surface area contributed by atoms with E-state index in [0.717, 1.165) is 4.90 Å². The van der Waals surface area contributed by atoms with Crippen molar-refractivity contribution < 1.29 is 33.5 Å². The normalized spacial score (nSPS) is 14.0. The molecule has 0 saturated carbocycles. The van der Waals surface area contributed by atoms with E-state index >= 15 is 0 Å². The molecule has 0 bridgehead atoms. The smallest absolute Gasteiger partial charge is 0.332 e. The van der Waals surface area contributed by atoms with Crippen molar-refractivity contribution in [2.45, 2.75) is 66.4 Å². The number of halogens is 1. The number of carbonyl (C=O) groups is 2. The fourth-order valence-electron chi connectivity index (χ4n) is 2.29. The third-order valence-corrected chi connectivity index (χ3v) is 6.61. The van der Waals surface area contributed by atoms with Crippen molar-refractivity contribution >= 4 is 22.1 Å². The number of benzene rings is 1. The second-order valence-corrected chi connectivity index (χ2v) is 10.8. The first kappa shape index (κ1) is 40.6. The van der Waals surface area contributed by atoms with Crippen molar-refractivity contribution in [3.63, 3.8) is 0 Å². The highest BCUT2D eigenvalue weighted by atomic mass is 32.3. The summed E-state index contributed by atoms with van der Waals surface area (Å²) in [5.41, 5.74) is 0.715. The Hall–Kier alpha value is -1.52. The van der Waals surface area contributed by atoms with E-state index in [1.165, 1.54) is 13.8 Å². The van der Waals surface area contributed by atoms with Gasteiger partial charge in [0, 0.05) is 17.4 Å². The second-order valence-electron chi connectivity index (χ2n) is 7.70. The number of alkyl halides is 1. The van der Waals surface area contributed by atoms with Crippen LogP contribution in [0.5, 0.6) is 0 Å². The van der Waals surface area contributed by atoms with Gasteiger partial charge in [-0.3, -0.25) is 4.39 Å². The molecule has 0 aliphatic rings. The lowest BCUT2D eigenvalue weighted by molar-refractivity contribution is -0.158. The monoisotopic (exact) mass is 525 g/mol. The number of Topliss-reactive ketones (excluding diaryl/α,β-unsaturated/α-hetero) is 1. The second kappa shape index (κ2) is 24.2. The zero-order valence-corrected chi connectivity index (χ0v) is 24.6. The van der Waals surface area contributed by atoms with Crippen LogP contribution in [-0.4, -0.2) is 79.2 Å². The van der Waals surface area contributed by atoms with Crippen molar-refractivity contribution in [2.24, 2.45) is 5.92 Å². The van der Waals surface area contributed by atoms with Crippen LogP contribution in [0.2, 0.25) is 0 Å². The maximum Gasteiger partial charge on any atom is 0.332 e. The number of esters is 1. The molecule has 0 saturated heterocycles. The molecule has 1 aromatic rings. The Bertz CT molecular complexity index is 637. The van der Waals surface area contributed by atoms with E-state index in [2.05, 4.69) is 0 Å². The first-order chi connectivity index (χ1) is 15.9. The molecule has 1 unspecified atom stereocenters. The van der Waals surface area contributed by atoms with E-state index < -0.39 is 35.0 Å². The summed E-state index contributed by atoms with van der Waals surface area (Å²) in [5, 5.41) is 0. The summed E-state index contributed by atoms with van der Waals surface area (Å²) in [6.07, 6.45) is 1.15. The summed E-state index contributed by atoms with van der Waals surface area (Å²) < 4.78 is 34.4. The van der Waals surface area contributed by atoms with Crippen LogP contribution >= 0.6 is 10.3 Å². The predicted molar refractivity (Wildman–Crippen MR) is 147 cm³/mol. The van der Waals surface area contributed by atoms with E-state index in [-0.39, 0.29) is 17.9 Å². The van der Waals surface area contributed by atoms with Gasteiger partial charge in [0.1, 0.15) is 18.5 Å². The van der Waals surface area contributed by atoms with Gasteiger partial charge in [0.05, 0.1) is 13.3 Å². The summed E-state index contributed by atoms with van der Waals surface area (Å²) in [6.45, 7) is 15.1. The standard InChI is InChI=1S/C19H32FNO4S.C3H6O.2C2H6.H2O/c1-6-26(5,23)17-9-7-16(8-10-17)19(15(2)13-20)25-18(22)14-24-12-11-21(3)4;1-3(2)4;2*1-2;/h7-10,15,19,23H,6,11-14H2,1-5H3;1-2H3;2*1-2H3;1H2/t15-,19+;;;;/m1..../s1. The molecule has 210 valence electrons. The summed E-state index contributed by atoms with van der Waals surface area (Å²) in [5.74, 6) is -0.148. The first-order valence-corrected chi connectivity index (χ1v) is 14.1. The Labute approximate surface area is 215 Å². The summed E-state index contributed by atoms with van der Waals surface area (Å²) in [6, 6.07) is 7.24. The Morgan fingerprint density at radius 1 is 1.09 bits per heavy atom. The highest BCUT2D eigenvalue weighted by molar-refractivity contribution is 8.28. The number of carbonyl (C=O) groups excluding carboxylic acids is 2. The van der Waals surface area contributed by atoms with E-state index in [4.69, 9.17) is 9.47 Å². The van der Waals surface area contributed by atoms with Crippen molar-refractivity contribution in [1.29, 1.82) is 0 Å². The van der Waals surface area contributed by atoms with Gasteiger partial charge in [-0.1, -0.05) is 53.7 Å². The van der Waals surface area contributed by atoms with Crippen LogP contribution in [0, 0.1) is 5.92 Å². The molecule has 0 aromatic heterocycles. The number of hydrogen-bond acceptors (Lipinski definition) is 6. The van der Waals surface area contributed by atoms with Crippen LogP contribution in [-0.2, 0) is 19.1 Å². The predicted octanol–water partition coefficient (Wildman–Crippen LogP) is 5.56. The molecule has 3 N–H and O–H groups in total. The third-order valence-electron chi connectivity index (χ3n) is 4.20. The van der Waals surface area contributed by atoms with Gasteiger partial charge in [-0.25, -0.2) is 4.79 Å². The maximum absolute atomic E-state index is 13.2. The molecule has 0 aliphatic heterocycles. The SMILES string of the molecule is CC.CC.CC(C)=O.CCS(C)(O)c1ccc([C@@H](OC(=O)COCCN(C)C)[C@H](C)CF)cc1.O. The van der Waals surface area contributed by atoms with Crippen LogP contribution in [0.15, 0.2) is 29.2 Å². The zero-order valence-electron chi connectivity index (χ0n) is 23.8. The fourth-order valence-corrected chi connectivity index (χ4v) is 3.34. The van der Waals surface area contributed by atoms with Crippen LogP contribution in [0.25, 0.3) is 0 Å². The van der Waals surface area contributed by atoms with E-state index in [0.29, 0.717) is 24.5 Å². The van der Waals surface area contributed by atoms with Crippen LogP contribution in [0.1, 0.15) is 67.1 Å². The minimum absolute atomic E-state index is 0. The van der Waals surface area contributed by atoms with E-state index in [1.807, 2.05) is 72.0 Å². The summed E-state index contributed by atoms with van der Waals surface area (Å²) >= 11 is 0. The maximum atomic E-state index is 13.2. The molecule has 9 heteroatoms. The Balaban J connectivity index is -0.000000472. The number of ketones is 1. The summed E-state index contributed by atoms with van der Waals surface area (Å²) in [4.78, 5) is 24.3. The number of ether oxygens (including phenoxy) is 2. The quantitative estimate of drug-likeness (QED) is 0.299. The van der Waals surface area contributed by atoms with Crippen molar-refractivity contribution in [3.05, 3.63) is 29.8 Å². The molecule has 35 heavy (non-hydrogen) atoms. The molecule has 0 fully saturated rings. The molecular formula is C26H52FNO6S. The highest BCUT2D eigenvalue weighted by Crippen LogP contribution is 2.48. The molecule has 1 aromatic carbocycles. The molecule has 0 spiro atoms. The van der Waals surface area contributed by atoms with Crippen molar-refractivity contribution in [3.8, 4) is 0 Å². The third kappa shape index (κ3) is 20.4. The number of nitrogens with zero attached hydrogens (tertiary/aromatic N) is 1. The van der Waals surface area contributed by atoms with Gasteiger partial charge in [-0.2, -0.15) is 0 Å². The average molecular weight is 526 g/mol. The Morgan fingerprint density at radius 3 is 1.91 bits per heavy atom. The van der Waals surface area contributed by atoms with Crippen LogP contribution < -0.4 is 0 Å². The van der Waals surface area contributed by atoms with E-state index in [9.17, 15) is 18.5 Å². The van der Waals surface area contributed by atoms with Gasteiger partial charge < -0.3 is 29.2 Å². The lowest BCUT2D eigenvalue weighted by Gasteiger charge is -2.29. The Morgan fingerprint density at radius 2 is 1.54 bits per heavy atom. The molecule has 0 amide bonds. The van der Waals surface area contributed by atoms with Gasteiger partial charge in [-0.15, -0.1) is 10.3 Å². The van der Waals surface area contributed by atoms with Gasteiger partial charge in [0.15, 0.2) is 0 Å². The zero-order chi connectivity index (χ0) is 27.3. The minimum Gasteiger partial charge on any atom is -0.455 e. The van der Waals surface area contributed by atoms with Gasteiger partial charge in [0.25, 0.3) is 0 Å². The molecular weight excluding hydrogens is 473 g/mol. The van der Waals surface area contributed by atoms with Gasteiger partial charge >= 0.3 is 5.97 Å². The highest BCUT2D eigenvalue weighted by Gasteiger charge is 2.24. The summed E-state index contributed by atoms with van der Waals surface area (Å²) in [7, 11) is 2.02. The van der Waals surface area contributed by atoms with Crippen molar-refractivity contribution in [1.82, 2.24) is 4.90 Å². The minimum atomic E-state index is -1.82. The van der Waals surface area contributed by atoms with E-state index in [1.54, 1.807) is 19.1 Å². The number of rotatable bonds is 11. The van der Waals surface area contributed by atoms with Crippen molar-refractivity contribution in [2.75, 3.05) is 52.5 Å². The molecule has 0 heterocycles. The average Bonchev–Trinajstić information content (AvgIpc) is 2.82. The lowest BCUT2D eigenvalue weighted by atomic mass is 9.98. The van der Waals surface area contributed by atoms with Crippen LogP contribution in [0.3, 0.4) is 0 Å². The first-order valence-electron chi connectivity index (χ1n) is 12.0. The van der Waals surface area contributed by atoms with Gasteiger partial charge in [-0.05, 0) is 57.6 Å². The number of hydrogen-bond donors (Lipinski definition) is 1. The molecule has 7 nitrogen and oxygen atoms in total. The number of likely N-dealkylation sites (N-methyl/N-ethyl adjacent to an activating group) is 1. The van der Waals surface area contributed by atoms with Gasteiger partial charge in [0.2, 0.25) is 0 Å².